The summed E-state index contributed by atoms with van der Waals surface area (Å²) in [6, 6.07) is 8.13. The van der Waals surface area contributed by atoms with Crippen molar-refractivity contribution in [1.29, 1.82) is 0 Å². The zero-order valence-electron chi connectivity index (χ0n) is 10.8. The van der Waals surface area contributed by atoms with E-state index in [0.29, 0.717) is 0 Å². The van der Waals surface area contributed by atoms with Crippen LogP contribution in [0.4, 0.5) is 5.69 Å². The first kappa shape index (κ1) is 12.6. The Bertz CT molecular complexity index is 593. The molecule has 1 fully saturated rings. The predicted octanol–water partition coefficient (Wildman–Crippen LogP) is 3.36. The van der Waals surface area contributed by atoms with Gasteiger partial charge in [-0.05, 0) is 47.9 Å². The normalized spacial score (nSPS) is 23.4. The summed E-state index contributed by atoms with van der Waals surface area (Å²) >= 11 is 1.71. The van der Waals surface area contributed by atoms with E-state index in [4.69, 9.17) is 5.73 Å². The molecule has 1 aliphatic carbocycles. The molecule has 1 heterocycles. The lowest BCUT2D eigenvalue weighted by atomic mass is 9.84. The van der Waals surface area contributed by atoms with Crippen molar-refractivity contribution in [3.05, 3.63) is 29.6 Å². The fourth-order valence-electron chi connectivity index (χ4n) is 2.76. The Labute approximate surface area is 116 Å². The summed E-state index contributed by atoms with van der Waals surface area (Å²) < 4.78 is 1.24. The van der Waals surface area contributed by atoms with Crippen molar-refractivity contribution in [2.75, 3.05) is 5.32 Å². The molecule has 0 aliphatic heterocycles. The van der Waals surface area contributed by atoms with Gasteiger partial charge in [0.05, 0.1) is 5.92 Å². The third-order valence-corrected chi connectivity index (χ3v) is 4.77. The van der Waals surface area contributed by atoms with Gasteiger partial charge >= 0.3 is 0 Å². The van der Waals surface area contributed by atoms with Gasteiger partial charge in [0.15, 0.2) is 0 Å². The maximum Gasteiger partial charge on any atom is 0.229 e. The van der Waals surface area contributed by atoms with Gasteiger partial charge in [0.25, 0.3) is 0 Å². The Morgan fingerprint density at radius 1 is 1.26 bits per heavy atom. The second-order valence-electron chi connectivity index (χ2n) is 5.22. The van der Waals surface area contributed by atoms with Crippen LogP contribution < -0.4 is 11.1 Å². The molecule has 0 saturated heterocycles. The topological polar surface area (TPSA) is 55.1 Å². The van der Waals surface area contributed by atoms with Gasteiger partial charge in [-0.2, -0.15) is 0 Å². The number of nitrogens with one attached hydrogen (secondary N) is 1. The number of hydrogen-bond donors (Lipinski definition) is 2. The van der Waals surface area contributed by atoms with E-state index < -0.39 is 0 Å². The summed E-state index contributed by atoms with van der Waals surface area (Å²) in [6.45, 7) is 0. The number of benzene rings is 1. The first-order valence-electron chi connectivity index (χ1n) is 6.78. The van der Waals surface area contributed by atoms with E-state index in [2.05, 4.69) is 22.8 Å². The zero-order chi connectivity index (χ0) is 13.2. The Kier molecular flexibility index (Phi) is 3.53. The van der Waals surface area contributed by atoms with Crippen LogP contribution >= 0.6 is 11.3 Å². The van der Waals surface area contributed by atoms with Crippen molar-refractivity contribution in [1.82, 2.24) is 0 Å². The molecule has 1 aromatic heterocycles. The molecule has 3 nitrogen and oxygen atoms in total. The molecule has 1 aliphatic rings. The SMILES string of the molecule is NC1CCCCC1C(=O)Nc1ccc2sccc2c1. The number of rotatable bonds is 2. The summed E-state index contributed by atoms with van der Waals surface area (Å²) in [5.41, 5.74) is 6.92. The smallest absolute Gasteiger partial charge is 0.229 e. The van der Waals surface area contributed by atoms with Gasteiger partial charge in [-0.15, -0.1) is 11.3 Å². The first-order valence-corrected chi connectivity index (χ1v) is 7.66. The third-order valence-electron chi connectivity index (χ3n) is 3.88. The molecule has 3 N–H and O–H groups in total. The molecule has 2 aromatic rings. The number of amides is 1. The van der Waals surface area contributed by atoms with Gasteiger partial charge in [0.2, 0.25) is 5.91 Å². The molecule has 2 unspecified atom stereocenters. The van der Waals surface area contributed by atoms with E-state index in [9.17, 15) is 4.79 Å². The van der Waals surface area contributed by atoms with Gasteiger partial charge in [0.1, 0.15) is 0 Å². The van der Waals surface area contributed by atoms with Gasteiger partial charge in [-0.3, -0.25) is 4.79 Å². The standard InChI is InChI=1S/C15H18N2OS/c16-13-4-2-1-3-12(13)15(18)17-11-5-6-14-10(9-11)7-8-19-14/h5-9,12-13H,1-4,16H2,(H,17,18). The Morgan fingerprint density at radius 2 is 2.11 bits per heavy atom. The number of carbonyl (C=O) groups is 1. The third kappa shape index (κ3) is 2.65. The number of carbonyl (C=O) groups excluding carboxylic acids is 1. The molecule has 100 valence electrons. The fourth-order valence-corrected chi connectivity index (χ4v) is 3.54. The van der Waals surface area contributed by atoms with Crippen LogP contribution in [0.1, 0.15) is 25.7 Å². The van der Waals surface area contributed by atoms with Crippen molar-refractivity contribution in [3.8, 4) is 0 Å². The molecular weight excluding hydrogens is 256 g/mol. The largest absolute Gasteiger partial charge is 0.327 e. The Balaban J connectivity index is 1.74. The molecule has 0 bridgehead atoms. The summed E-state index contributed by atoms with van der Waals surface area (Å²) in [5, 5.41) is 6.25. The maximum atomic E-state index is 12.3. The summed E-state index contributed by atoms with van der Waals surface area (Å²) in [4.78, 5) is 12.3. The minimum Gasteiger partial charge on any atom is -0.327 e. The van der Waals surface area contributed by atoms with Gasteiger partial charge in [-0.1, -0.05) is 12.8 Å². The van der Waals surface area contributed by atoms with Crippen LogP contribution in [-0.4, -0.2) is 11.9 Å². The lowest BCUT2D eigenvalue weighted by molar-refractivity contribution is -0.121. The number of hydrogen-bond acceptors (Lipinski definition) is 3. The van der Waals surface area contributed by atoms with Crippen LogP contribution in [-0.2, 0) is 4.79 Å². The van der Waals surface area contributed by atoms with Crippen LogP contribution in [0.3, 0.4) is 0 Å². The van der Waals surface area contributed by atoms with E-state index in [0.717, 1.165) is 31.4 Å². The molecule has 2 atom stereocenters. The monoisotopic (exact) mass is 274 g/mol. The van der Waals surface area contributed by atoms with Crippen molar-refractivity contribution in [3.63, 3.8) is 0 Å². The van der Waals surface area contributed by atoms with Crippen LogP contribution in [0, 0.1) is 5.92 Å². The number of anilines is 1. The van der Waals surface area contributed by atoms with E-state index in [1.807, 2.05) is 12.1 Å². The molecular formula is C15H18N2OS. The molecule has 1 aromatic carbocycles. The highest BCUT2D eigenvalue weighted by molar-refractivity contribution is 7.17. The van der Waals surface area contributed by atoms with E-state index in [1.165, 1.54) is 10.1 Å². The van der Waals surface area contributed by atoms with Crippen molar-refractivity contribution in [2.24, 2.45) is 11.7 Å². The predicted molar refractivity (Wildman–Crippen MR) is 80.4 cm³/mol. The highest BCUT2D eigenvalue weighted by Gasteiger charge is 2.28. The molecule has 0 radical (unpaired) electrons. The van der Waals surface area contributed by atoms with Gasteiger partial charge in [0, 0.05) is 16.4 Å². The van der Waals surface area contributed by atoms with Crippen molar-refractivity contribution in [2.45, 2.75) is 31.7 Å². The highest BCUT2D eigenvalue weighted by Crippen LogP contribution is 2.27. The summed E-state index contributed by atoms with van der Waals surface area (Å²) in [7, 11) is 0. The Morgan fingerprint density at radius 3 is 2.95 bits per heavy atom. The average molecular weight is 274 g/mol. The van der Waals surface area contributed by atoms with E-state index >= 15 is 0 Å². The highest BCUT2D eigenvalue weighted by atomic mass is 32.1. The fraction of sp³-hybridized carbons (Fsp3) is 0.400. The molecule has 0 spiro atoms. The molecule has 3 rings (SSSR count). The van der Waals surface area contributed by atoms with E-state index in [-0.39, 0.29) is 17.9 Å². The number of nitrogens with two attached hydrogens (primary N) is 1. The number of thiophene rings is 1. The summed E-state index contributed by atoms with van der Waals surface area (Å²) in [6.07, 6.45) is 4.12. The van der Waals surface area contributed by atoms with Gasteiger partial charge < -0.3 is 11.1 Å². The number of fused-ring (bicyclic) bond motifs is 1. The van der Waals surface area contributed by atoms with Crippen molar-refractivity contribution < 1.29 is 4.79 Å². The molecule has 1 amide bonds. The minimum atomic E-state index is -0.0353. The van der Waals surface area contributed by atoms with Crippen LogP contribution in [0.15, 0.2) is 29.6 Å². The minimum absolute atomic E-state index is 0.0126. The molecule has 1 saturated carbocycles. The van der Waals surface area contributed by atoms with Gasteiger partial charge in [-0.25, -0.2) is 0 Å². The lowest BCUT2D eigenvalue weighted by Gasteiger charge is -2.27. The van der Waals surface area contributed by atoms with Crippen LogP contribution in [0.2, 0.25) is 0 Å². The quantitative estimate of drug-likeness (QED) is 0.882. The van der Waals surface area contributed by atoms with Crippen molar-refractivity contribution >= 4 is 33.0 Å². The average Bonchev–Trinajstić information content (AvgIpc) is 2.86. The van der Waals surface area contributed by atoms with Crippen LogP contribution in [0.5, 0.6) is 0 Å². The zero-order valence-corrected chi connectivity index (χ0v) is 11.6. The maximum absolute atomic E-state index is 12.3. The molecule has 4 heteroatoms. The van der Waals surface area contributed by atoms with Crippen LogP contribution in [0.25, 0.3) is 10.1 Å². The Hall–Kier alpha value is -1.39. The summed E-state index contributed by atoms with van der Waals surface area (Å²) in [5.74, 6) is 0.0358. The second kappa shape index (κ2) is 5.31. The molecule has 19 heavy (non-hydrogen) atoms. The van der Waals surface area contributed by atoms with E-state index in [1.54, 1.807) is 11.3 Å². The second-order valence-corrected chi connectivity index (χ2v) is 6.16. The first-order chi connectivity index (χ1) is 9.24. The lowest BCUT2D eigenvalue weighted by Crippen LogP contribution is -2.40.